The number of nitrogens with one attached hydrogen (secondary N) is 1. The van der Waals surface area contributed by atoms with Gasteiger partial charge in [0.1, 0.15) is 5.82 Å². The number of aromatic carboxylic acids is 1. The van der Waals surface area contributed by atoms with Crippen molar-refractivity contribution in [1.29, 1.82) is 0 Å². The maximum Gasteiger partial charge on any atom is 0.338 e. The van der Waals surface area contributed by atoms with E-state index in [-0.39, 0.29) is 16.3 Å². The highest BCUT2D eigenvalue weighted by Gasteiger charge is 2.14. The molecule has 4 nitrogen and oxygen atoms in total. The first kappa shape index (κ1) is 15.5. The zero-order chi connectivity index (χ0) is 15.6. The van der Waals surface area contributed by atoms with E-state index in [1.54, 1.807) is 12.1 Å². The number of rotatable bonds is 3. The molecule has 0 saturated carbocycles. The van der Waals surface area contributed by atoms with E-state index in [4.69, 9.17) is 16.7 Å². The van der Waals surface area contributed by atoms with Gasteiger partial charge in [0.05, 0.1) is 16.1 Å². The van der Waals surface area contributed by atoms with Crippen LogP contribution in [-0.4, -0.2) is 17.0 Å². The zero-order valence-electron chi connectivity index (χ0n) is 10.4. The molecule has 0 saturated heterocycles. The number of benzene rings is 2. The lowest BCUT2D eigenvalue weighted by atomic mass is 10.1. The predicted octanol–water partition coefficient (Wildman–Crippen LogP) is 4.19. The Labute approximate surface area is 132 Å². The van der Waals surface area contributed by atoms with Gasteiger partial charge in [-0.2, -0.15) is 0 Å². The third-order valence-corrected chi connectivity index (χ3v) is 3.44. The number of amides is 1. The van der Waals surface area contributed by atoms with Crippen LogP contribution in [-0.2, 0) is 0 Å². The Balaban J connectivity index is 2.23. The minimum absolute atomic E-state index is 0.140. The molecular weight excluding hydrogens is 365 g/mol. The standard InChI is InChI=1S/C14H8BrClFNO3/c15-7-1-3-9(11(16)5-7)13(19)18-8-2-4-10(14(20)21)12(17)6-8/h1-6H,(H,18,19)(H,20,21). The summed E-state index contributed by atoms with van der Waals surface area (Å²) in [5.74, 6) is -2.82. The SMILES string of the molecule is O=C(O)c1ccc(NC(=O)c2ccc(Br)cc2Cl)cc1F. The number of carboxylic acid groups (broad SMARTS) is 1. The molecule has 0 aliphatic heterocycles. The van der Waals surface area contributed by atoms with Gasteiger partial charge >= 0.3 is 5.97 Å². The lowest BCUT2D eigenvalue weighted by Gasteiger charge is -2.08. The van der Waals surface area contributed by atoms with E-state index >= 15 is 0 Å². The third kappa shape index (κ3) is 3.59. The van der Waals surface area contributed by atoms with E-state index in [0.29, 0.717) is 0 Å². The highest BCUT2D eigenvalue weighted by atomic mass is 79.9. The van der Waals surface area contributed by atoms with Crippen LogP contribution in [0.5, 0.6) is 0 Å². The Kier molecular flexibility index (Phi) is 4.59. The molecule has 0 aliphatic carbocycles. The summed E-state index contributed by atoms with van der Waals surface area (Å²) in [4.78, 5) is 22.7. The van der Waals surface area contributed by atoms with Crippen LogP contribution >= 0.6 is 27.5 Å². The lowest BCUT2D eigenvalue weighted by molar-refractivity contribution is 0.0692. The van der Waals surface area contributed by atoms with Crippen molar-refractivity contribution in [3.63, 3.8) is 0 Å². The molecule has 108 valence electrons. The van der Waals surface area contributed by atoms with Gasteiger partial charge in [-0.15, -0.1) is 0 Å². The van der Waals surface area contributed by atoms with Gasteiger partial charge < -0.3 is 10.4 Å². The number of halogens is 3. The van der Waals surface area contributed by atoms with Gasteiger partial charge in [-0.05, 0) is 36.4 Å². The van der Waals surface area contributed by atoms with Crippen LogP contribution in [0.4, 0.5) is 10.1 Å². The highest BCUT2D eigenvalue weighted by Crippen LogP contribution is 2.23. The molecule has 2 aromatic carbocycles. The van der Waals surface area contributed by atoms with Crippen LogP contribution < -0.4 is 5.32 Å². The monoisotopic (exact) mass is 371 g/mol. The quantitative estimate of drug-likeness (QED) is 0.849. The minimum atomic E-state index is -1.37. The Morgan fingerprint density at radius 3 is 2.38 bits per heavy atom. The Hall–Kier alpha value is -1.92. The summed E-state index contributed by atoms with van der Waals surface area (Å²) in [6.45, 7) is 0. The molecule has 1 amide bonds. The van der Waals surface area contributed by atoms with E-state index < -0.39 is 23.3 Å². The number of carboxylic acids is 1. The lowest BCUT2D eigenvalue weighted by Crippen LogP contribution is -2.13. The summed E-state index contributed by atoms with van der Waals surface area (Å²) in [6.07, 6.45) is 0. The van der Waals surface area contributed by atoms with Crippen LogP contribution in [0.3, 0.4) is 0 Å². The van der Waals surface area contributed by atoms with E-state index in [2.05, 4.69) is 21.2 Å². The van der Waals surface area contributed by atoms with Crippen LogP contribution in [0.25, 0.3) is 0 Å². The molecule has 0 aromatic heterocycles. The normalized spacial score (nSPS) is 10.2. The maximum absolute atomic E-state index is 13.5. The van der Waals surface area contributed by atoms with Crippen LogP contribution in [0.15, 0.2) is 40.9 Å². The molecule has 2 N–H and O–H groups in total. The molecule has 7 heteroatoms. The summed E-state index contributed by atoms with van der Waals surface area (Å²) in [5, 5.41) is 11.4. The van der Waals surface area contributed by atoms with Gasteiger partial charge in [-0.25, -0.2) is 9.18 Å². The fourth-order valence-corrected chi connectivity index (χ4v) is 2.40. The van der Waals surface area contributed by atoms with Gasteiger partial charge in [0.25, 0.3) is 5.91 Å². The summed E-state index contributed by atoms with van der Waals surface area (Å²) in [7, 11) is 0. The van der Waals surface area contributed by atoms with Gasteiger partial charge in [-0.1, -0.05) is 27.5 Å². The number of hydrogen-bond donors (Lipinski definition) is 2. The van der Waals surface area contributed by atoms with E-state index in [1.807, 2.05) is 0 Å². The topological polar surface area (TPSA) is 66.4 Å². The molecule has 21 heavy (non-hydrogen) atoms. The van der Waals surface area contributed by atoms with E-state index in [9.17, 15) is 14.0 Å². The van der Waals surface area contributed by atoms with Crippen molar-refractivity contribution in [3.8, 4) is 0 Å². The Morgan fingerprint density at radius 1 is 1.14 bits per heavy atom. The second-order valence-corrected chi connectivity index (χ2v) is 5.40. The smallest absolute Gasteiger partial charge is 0.338 e. The second-order valence-electron chi connectivity index (χ2n) is 4.08. The Morgan fingerprint density at radius 2 is 1.81 bits per heavy atom. The summed E-state index contributed by atoms with van der Waals surface area (Å²) in [6, 6.07) is 8.05. The first-order valence-corrected chi connectivity index (χ1v) is 6.85. The molecular formula is C14H8BrClFNO3. The van der Waals surface area contributed by atoms with Crippen molar-refractivity contribution in [3.05, 3.63) is 62.8 Å². The van der Waals surface area contributed by atoms with Crippen molar-refractivity contribution in [1.82, 2.24) is 0 Å². The molecule has 0 fully saturated rings. The van der Waals surface area contributed by atoms with Crippen molar-refractivity contribution in [2.45, 2.75) is 0 Å². The summed E-state index contributed by atoms with van der Waals surface area (Å²) >= 11 is 9.17. The average Bonchev–Trinajstić information content (AvgIpc) is 2.37. The highest BCUT2D eigenvalue weighted by molar-refractivity contribution is 9.10. The first-order valence-electron chi connectivity index (χ1n) is 5.67. The minimum Gasteiger partial charge on any atom is -0.478 e. The van der Waals surface area contributed by atoms with Gasteiger partial charge in [0.2, 0.25) is 0 Å². The molecule has 0 atom stereocenters. The maximum atomic E-state index is 13.5. The molecule has 2 rings (SSSR count). The van der Waals surface area contributed by atoms with Crippen LogP contribution in [0.1, 0.15) is 20.7 Å². The third-order valence-electron chi connectivity index (χ3n) is 2.63. The largest absolute Gasteiger partial charge is 0.478 e. The van der Waals surface area contributed by atoms with E-state index in [1.165, 1.54) is 12.1 Å². The van der Waals surface area contributed by atoms with E-state index in [0.717, 1.165) is 16.6 Å². The number of hydrogen-bond acceptors (Lipinski definition) is 2. The molecule has 0 spiro atoms. The molecule has 0 aliphatic rings. The van der Waals surface area contributed by atoms with Gasteiger partial charge in [0.15, 0.2) is 0 Å². The summed E-state index contributed by atoms with van der Waals surface area (Å²) in [5.41, 5.74) is -0.0984. The summed E-state index contributed by atoms with van der Waals surface area (Å²) < 4.78 is 14.2. The number of anilines is 1. The van der Waals surface area contributed by atoms with Crippen LogP contribution in [0.2, 0.25) is 5.02 Å². The van der Waals surface area contributed by atoms with Crippen molar-refractivity contribution in [2.24, 2.45) is 0 Å². The first-order chi connectivity index (χ1) is 9.88. The molecule has 0 radical (unpaired) electrons. The van der Waals surface area contributed by atoms with Crippen molar-refractivity contribution >= 4 is 45.1 Å². The van der Waals surface area contributed by atoms with Crippen molar-refractivity contribution < 1.29 is 19.1 Å². The number of carbonyl (C=O) groups excluding carboxylic acids is 1. The Bertz CT molecular complexity index is 736. The zero-order valence-corrected chi connectivity index (χ0v) is 12.7. The molecule has 2 aromatic rings. The van der Waals surface area contributed by atoms with Crippen LogP contribution in [0, 0.1) is 5.82 Å². The second kappa shape index (κ2) is 6.24. The fourth-order valence-electron chi connectivity index (χ4n) is 1.64. The van der Waals surface area contributed by atoms with Gasteiger partial charge in [-0.3, -0.25) is 4.79 Å². The predicted molar refractivity (Wildman–Crippen MR) is 80.5 cm³/mol. The fraction of sp³-hybridized carbons (Fsp3) is 0. The van der Waals surface area contributed by atoms with Crippen molar-refractivity contribution in [2.75, 3.05) is 5.32 Å². The average molecular weight is 373 g/mol. The number of carbonyl (C=O) groups is 2. The molecule has 0 bridgehead atoms. The van der Waals surface area contributed by atoms with Gasteiger partial charge in [0, 0.05) is 10.2 Å². The molecule has 0 heterocycles. The molecule has 0 unspecified atom stereocenters.